The summed E-state index contributed by atoms with van der Waals surface area (Å²) < 4.78 is 0. The molecule has 94 valence electrons. The molecule has 2 aromatic carbocycles. The lowest BCUT2D eigenvalue weighted by molar-refractivity contribution is -0.385. The van der Waals surface area contributed by atoms with E-state index in [9.17, 15) is 10.1 Å². The number of aliphatic imine (C=N–C) groups is 1. The van der Waals surface area contributed by atoms with Gasteiger partial charge in [0.2, 0.25) is 0 Å². The second kappa shape index (κ2) is 4.53. The van der Waals surface area contributed by atoms with Crippen molar-refractivity contribution < 1.29 is 4.92 Å². The van der Waals surface area contributed by atoms with E-state index in [0.717, 1.165) is 11.3 Å². The SMILES string of the molecule is O=[N+]([O-])c1ccccc1C1N=CNc2ccccc21. The molecule has 0 amide bonds. The molecule has 19 heavy (non-hydrogen) atoms. The van der Waals surface area contributed by atoms with E-state index >= 15 is 0 Å². The molecule has 1 heterocycles. The van der Waals surface area contributed by atoms with Crippen molar-refractivity contribution in [2.75, 3.05) is 5.32 Å². The first-order chi connectivity index (χ1) is 9.27. The van der Waals surface area contributed by atoms with Gasteiger partial charge in [-0.25, -0.2) is 0 Å². The number of fused-ring (bicyclic) bond motifs is 1. The van der Waals surface area contributed by atoms with Crippen molar-refractivity contribution >= 4 is 17.7 Å². The largest absolute Gasteiger partial charge is 0.346 e. The average Bonchev–Trinajstić information content (AvgIpc) is 2.46. The lowest BCUT2D eigenvalue weighted by atomic mass is 9.95. The van der Waals surface area contributed by atoms with Crippen LogP contribution in [-0.2, 0) is 0 Å². The first-order valence-electron chi connectivity index (χ1n) is 5.88. The topological polar surface area (TPSA) is 67.5 Å². The number of nitrogens with zero attached hydrogens (tertiary/aromatic N) is 2. The minimum atomic E-state index is -0.366. The maximum atomic E-state index is 11.1. The molecule has 0 spiro atoms. The normalized spacial score (nSPS) is 16.5. The standard InChI is InChI=1S/C14H11N3O2/c18-17(19)13-8-4-2-6-11(13)14-10-5-1-3-7-12(10)15-9-16-14/h1-9,14H,(H,15,16). The molecule has 1 aliphatic rings. The van der Waals surface area contributed by atoms with Crippen LogP contribution in [0.2, 0.25) is 0 Å². The van der Waals surface area contributed by atoms with Crippen LogP contribution in [0.5, 0.6) is 0 Å². The van der Waals surface area contributed by atoms with E-state index in [-0.39, 0.29) is 16.7 Å². The van der Waals surface area contributed by atoms with E-state index in [2.05, 4.69) is 10.3 Å². The number of nitro groups is 1. The number of nitrogens with one attached hydrogen (secondary N) is 1. The van der Waals surface area contributed by atoms with Crippen molar-refractivity contribution in [1.29, 1.82) is 0 Å². The van der Waals surface area contributed by atoms with Gasteiger partial charge in [-0.1, -0.05) is 30.3 Å². The molecule has 5 heteroatoms. The van der Waals surface area contributed by atoms with Crippen LogP contribution in [0.4, 0.5) is 11.4 Å². The zero-order valence-electron chi connectivity index (χ0n) is 9.98. The Balaban J connectivity index is 2.15. The molecule has 0 aliphatic carbocycles. The van der Waals surface area contributed by atoms with Crippen molar-refractivity contribution in [2.24, 2.45) is 4.99 Å². The van der Waals surface area contributed by atoms with Gasteiger partial charge in [-0.05, 0) is 12.1 Å². The maximum Gasteiger partial charge on any atom is 0.275 e. The van der Waals surface area contributed by atoms with E-state index in [0.29, 0.717) is 5.56 Å². The Morgan fingerprint density at radius 3 is 2.53 bits per heavy atom. The molecular weight excluding hydrogens is 242 g/mol. The minimum absolute atomic E-state index is 0.0985. The van der Waals surface area contributed by atoms with Gasteiger partial charge in [0, 0.05) is 17.3 Å². The highest BCUT2D eigenvalue weighted by molar-refractivity contribution is 5.81. The van der Waals surface area contributed by atoms with Crippen molar-refractivity contribution in [3.05, 3.63) is 69.8 Å². The van der Waals surface area contributed by atoms with Crippen LogP contribution >= 0.6 is 0 Å². The number of nitro benzene ring substituents is 1. The van der Waals surface area contributed by atoms with Gasteiger partial charge >= 0.3 is 0 Å². The summed E-state index contributed by atoms with van der Waals surface area (Å²) >= 11 is 0. The fourth-order valence-electron chi connectivity index (χ4n) is 2.26. The summed E-state index contributed by atoms with van der Waals surface area (Å²) in [5, 5.41) is 14.2. The van der Waals surface area contributed by atoms with E-state index in [1.807, 2.05) is 24.3 Å². The van der Waals surface area contributed by atoms with Gasteiger partial charge in [0.05, 0.1) is 16.8 Å². The monoisotopic (exact) mass is 253 g/mol. The second-order valence-corrected chi connectivity index (χ2v) is 4.23. The van der Waals surface area contributed by atoms with Crippen LogP contribution in [0.25, 0.3) is 0 Å². The zero-order chi connectivity index (χ0) is 13.2. The molecule has 5 nitrogen and oxygen atoms in total. The van der Waals surface area contributed by atoms with Crippen LogP contribution in [0, 0.1) is 10.1 Å². The predicted molar refractivity (Wildman–Crippen MR) is 73.5 cm³/mol. The van der Waals surface area contributed by atoms with E-state index in [1.54, 1.807) is 24.5 Å². The highest BCUT2D eigenvalue weighted by Crippen LogP contribution is 2.37. The third-order valence-corrected chi connectivity index (χ3v) is 3.13. The van der Waals surface area contributed by atoms with E-state index in [1.165, 1.54) is 6.07 Å². The first-order valence-corrected chi connectivity index (χ1v) is 5.88. The number of hydrogen-bond acceptors (Lipinski definition) is 4. The molecule has 0 fully saturated rings. The zero-order valence-corrected chi connectivity index (χ0v) is 9.98. The number of hydrogen-bond donors (Lipinski definition) is 1. The van der Waals surface area contributed by atoms with E-state index < -0.39 is 0 Å². The Hall–Kier alpha value is -2.69. The third-order valence-electron chi connectivity index (χ3n) is 3.13. The van der Waals surface area contributed by atoms with Gasteiger partial charge in [0.15, 0.2) is 0 Å². The summed E-state index contributed by atoms with van der Waals surface area (Å²) in [6.45, 7) is 0. The van der Waals surface area contributed by atoms with E-state index in [4.69, 9.17) is 0 Å². The molecule has 1 N–H and O–H groups in total. The molecule has 0 bridgehead atoms. The Kier molecular flexibility index (Phi) is 2.72. The predicted octanol–water partition coefficient (Wildman–Crippen LogP) is 3.14. The third kappa shape index (κ3) is 1.95. The van der Waals surface area contributed by atoms with Crippen LogP contribution in [-0.4, -0.2) is 11.3 Å². The van der Waals surface area contributed by atoms with Crippen LogP contribution in [0.15, 0.2) is 53.5 Å². The molecule has 0 aromatic heterocycles. The second-order valence-electron chi connectivity index (χ2n) is 4.23. The number of rotatable bonds is 2. The Morgan fingerprint density at radius 2 is 1.74 bits per heavy atom. The van der Waals surface area contributed by atoms with Gasteiger partial charge in [-0.3, -0.25) is 15.1 Å². The highest BCUT2D eigenvalue weighted by atomic mass is 16.6. The van der Waals surface area contributed by atoms with Crippen LogP contribution in [0.3, 0.4) is 0 Å². The lowest BCUT2D eigenvalue weighted by Gasteiger charge is -2.21. The summed E-state index contributed by atoms with van der Waals surface area (Å²) in [7, 11) is 0. The van der Waals surface area contributed by atoms with Crippen molar-refractivity contribution in [2.45, 2.75) is 6.04 Å². The average molecular weight is 253 g/mol. The first kappa shape index (κ1) is 11.4. The fraction of sp³-hybridized carbons (Fsp3) is 0.0714. The van der Waals surface area contributed by atoms with Gasteiger partial charge in [-0.15, -0.1) is 0 Å². The van der Waals surface area contributed by atoms with Crippen molar-refractivity contribution in [1.82, 2.24) is 0 Å². The molecule has 1 atom stereocenters. The molecule has 1 unspecified atom stereocenters. The van der Waals surface area contributed by atoms with Crippen molar-refractivity contribution in [3.8, 4) is 0 Å². The Bertz CT molecular complexity index is 667. The Labute approximate surface area is 109 Å². The summed E-state index contributed by atoms with van der Waals surface area (Å²) in [6.07, 6.45) is 1.59. The van der Waals surface area contributed by atoms with Crippen LogP contribution in [0.1, 0.15) is 17.2 Å². The molecule has 3 rings (SSSR count). The fourth-order valence-corrected chi connectivity index (χ4v) is 2.26. The van der Waals surface area contributed by atoms with Crippen LogP contribution < -0.4 is 5.32 Å². The summed E-state index contributed by atoms with van der Waals surface area (Å²) in [5.74, 6) is 0. The highest BCUT2D eigenvalue weighted by Gasteiger charge is 2.25. The van der Waals surface area contributed by atoms with Gasteiger partial charge in [0.1, 0.15) is 6.04 Å². The number of para-hydroxylation sites is 2. The Morgan fingerprint density at radius 1 is 1.05 bits per heavy atom. The van der Waals surface area contributed by atoms with Gasteiger partial charge in [-0.2, -0.15) is 0 Å². The lowest BCUT2D eigenvalue weighted by Crippen LogP contribution is -2.12. The molecule has 0 radical (unpaired) electrons. The number of benzene rings is 2. The number of anilines is 1. The molecule has 1 aliphatic heterocycles. The molecular formula is C14H11N3O2. The summed E-state index contributed by atoms with van der Waals surface area (Å²) in [5.41, 5.74) is 2.58. The minimum Gasteiger partial charge on any atom is -0.346 e. The maximum absolute atomic E-state index is 11.1. The smallest absolute Gasteiger partial charge is 0.275 e. The molecule has 2 aromatic rings. The van der Waals surface area contributed by atoms with Gasteiger partial charge < -0.3 is 5.32 Å². The quantitative estimate of drug-likeness (QED) is 0.660. The molecule has 0 saturated carbocycles. The van der Waals surface area contributed by atoms with Gasteiger partial charge in [0.25, 0.3) is 5.69 Å². The van der Waals surface area contributed by atoms with Crippen molar-refractivity contribution in [3.63, 3.8) is 0 Å². The summed E-state index contributed by atoms with van der Waals surface area (Å²) in [6, 6.07) is 14.1. The molecule has 0 saturated heterocycles. The summed E-state index contributed by atoms with van der Waals surface area (Å²) in [4.78, 5) is 15.1.